The maximum atomic E-state index is 12.5. The first-order chi connectivity index (χ1) is 17.4. The third-order valence-electron chi connectivity index (χ3n) is 8.23. The fourth-order valence-electron chi connectivity index (χ4n) is 6.19. The largest absolute Gasteiger partial charge is 0.480 e. The molecule has 2 aliphatic carbocycles. The first kappa shape index (κ1) is 24.8. The van der Waals surface area contributed by atoms with Gasteiger partial charge in [0.2, 0.25) is 0 Å². The number of aryl methyl sites for hydroxylation is 2. The van der Waals surface area contributed by atoms with Crippen LogP contribution in [0.1, 0.15) is 54.4 Å². The second kappa shape index (κ2) is 10.2. The summed E-state index contributed by atoms with van der Waals surface area (Å²) in [5.41, 5.74) is 4.77. The van der Waals surface area contributed by atoms with Crippen LogP contribution in [0.5, 0.6) is 0 Å². The van der Waals surface area contributed by atoms with Crippen molar-refractivity contribution >= 4 is 23.3 Å². The summed E-state index contributed by atoms with van der Waals surface area (Å²) in [5.74, 6) is -0.811. The monoisotopic (exact) mass is 504 g/mol. The zero-order valence-electron chi connectivity index (χ0n) is 20.7. The van der Waals surface area contributed by atoms with Crippen LogP contribution < -0.4 is 5.32 Å². The molecule has 0 radical (unpaired) electrons. The first-order valence-corrected chi connectivity index (χ1v) is 13.2. The molecule has 2 aromatic carbocycles. The van der Waals surface area contributed by atoms with Crippen LogP contribution in [0.2, 0.25) is 5.02 Å². The molecule has 6 heteroatoms. The summed E-state index contributed by atoms with van der Waals surface area (Å²) in [6.45, 7) is 2.78. The van der Waals surface area contributed by atoms with Crippen LogP contribution in [0.15, 0.2) is 67.0 Å². The number of hydrogen-bond donors (Lipinski definition) is 2. The molecule has 0 amide bonds. The lowest BCUT2D eigenvalue weighted by Crippen LogP contribution is -2.54. The van der Waals surface area contributed by atoms with Gasteiger partial charge in [0.25, 0.3) is 0 Å². The van der Waals surface area contributed by atoms with Crippen molar-refractivity contribution in [2.75, 3.05) is 11.9 Å². The zero-order chi connectivity index (χ0) is 25.2. The number of anilines is 1. The van der Waals surface area contributed by atoms with E-state index in [4.69, 9.17) is 16.3 Å². The number of aromatic nitrogens is 1. The molecule has 36 heavy (non-hydrogen) atoms. The summed E-state index contributed by atoms with van der Waals surface area (Å²) in [4.78, 5) is 16.7. The number of carboxylic acid groups (broad SMARTS) is 1. The highest BCUT2D eigenvalue weighted by Crippen LogP contribution is 2.52. The van der Waals surface area contributed by atoms with E-state index in [1.54, 1.807) is 12.1 Å². The predicted molar refractivity (Wildman–Crippen MR) is 143 cm³/mol. The normalized spacial score (nSPS) is 25.0. The second-order valence-electron chi connectivity index (χ2n) is 10.3. The van der Waals surface area contributed by atoms with Gasteiger partial charge in [0, 0.05) is 35.1 Å². The van der Waals surface area contributed by atoms with Crippen molar-refractivity contribution in [1.29, 1.82) is 0 Å². The number of rotatable bonds is 8. The number of fused-ring (bicyclic) bond motifs is 2. The fourth-order valence-corrected chi connectivity index (χ4v) is 6.38. The number of pyridine rings is 1. The van der Waals surface area contributed by atoms with Gasteiger partial charge in [0.15, 0.2) is 0 Å². The third-order valence-corrected chi connectivity index (χ3v) is 8.47. The van der Waals surface area contributed by atoms with E-state index in [1.807, 2.05) is 24.5 Å². The van der Waals surface area contributed by atoms with Crippen LogP contribution in [-0.2, 0) is 27.8 Å². The van der Waals surface area contributed by atoms with E-state index in [1.165, 1.54) is 22.3 Å². The fraction of sp³-hybridized carbons (Fsp3) is 0.400. The van der Waals surface area contributed by atoms with E-state index in [-0.39, 0.29) is 11.5 Å². The van der Waals surface area contributed by atoms with Crippen LogP contribution in [0.25, 0.3) is 0 Å². The Morgan fingerprint density at radius 3 is 2.69 bits per heavy atom. The molecule has 2 aliphatic rings. The summed E-state index contributed by atoms with van der Waals surface area (Å²) in [5, 5.41) is 14.2. The molecule has 0 aliphatic heterocycles. The number of ether oxygens (including phenoxy) is 1. The summed E-state index contributed by atoms with van der Waals surface area (Å²) in [6, 6.07) is 18.0. The van der Waals surface area contributed by atoms with Gasteiger partial charge >= 0.3 is 5.97 Å². The van der Waals surface area contributed by atoms with Gasteiger partial charge in [-0.1, -0.05) is 41.9 Å². The van der Waals surface area contributed by atoms with Crippen LogP contribution in [0.3, 0.4) is 0 Å². The van der Waals surface area contributed by atoms with Gasteiger partial charge < -0.3 is 15.2 Å². The quantitative estimate of drug-likeness (QED) is 0.349. The number of halogens is 1. The maximum absolute atomic E-state index is 12.5. The van der Waals surface area contributed by atoms with Crippen LogP contribution in [0, 0.1) is 6.92 Å². The average molecular weight is 505 g/mol. The Morgan fingerprint density at radius 1 is 1.14 bits per heavy atom. The molecule has 1 fully saturated rings. The molecule has 1 unspecified atom stereocenters. The molecule has 1 atom stereocenters. The molecule has 2 N–H and O–H groups in total. The summed E-state index contributed by atoms with van der Waals surface area (Å²) in [7, 11) is 0. The summed E-state index contributed by atoms with van der Waals surface area (Å²) < 4.78 is 6.60. The molecule has 1 heterocycles. The lowest BCUT2D eigenvalue weighted by Gasteiger charge is -2.46. The number of nitrogens with zero attached hydrogens (tertiary/aromatic N) is 1. The SMILES string of the molecule is Cc1cnccc1CCCOC1Cc2ccccc2C12CCC(Nc1cccc(Cl)c1)(C(=O)O)CC2. The van der Waals surface area contributed by atoms with Crippen molar-refractivity contribution in [2.24, 2.45) is 0 Å². The molecule has 0 saturated heterocycles. The highest BCUT2D eigenvalue weighted by atomic mass is 35.5. The molecular formula is C30H33ClN2O3. The van der Waals surface area contributed by atoms with Crippen LogP contribution >= 0.6 is 11.6 Å². The molecule has 3 aromatic rings. The van der Waals surface area contributed by atoms with Gasteiger partial charge in [-0.2, -0.15) is 0 Å². The van der Waals surface area contributed by atoms with Gasteiger partial charge in [-0.3, -0.25) is 4.98 Å². The maximum Gasteiger partial charge on any atom is 0.329 e. The molecular weight excluding hydrogens is 472 g/mol. The van der Waals surface area contributed by atoms with Crippen molar-refractivity contribution in [1.82, 2.24) is 4.98 Å². The molecule has 1 saturated carbocycles. The molecule has 5 rings (SSSR count). The zero-order valence-corrected chi connectivity index (χ0v) is 21.4. The summed E-state index contributed by atoms with van der Waals surface area (Å²) in [6.07, 6.45) is 9.19. The molecule has 0 bridgehead atoms. The minimum atomic E-state index is -1.02. The van der Waals surface area contributed by atoms with Crippen molar-refractivity contribution in [3.63, 3.8) is 0 Å². The van der Waals surface area contributed by atoms with Gasteiger partial charge in [0.1, 0.15) is 5.54 Å². The number of benzene rings is 2. The topological polar surface area (TPSA) is 71.5 Å². The smallest absolute Gasteiger partial charge is 0.329 e. The van der Waals surface area contributed by atoms with E-state index in [2.05, 4.69) is 47.6 Å². The molecule has 188 valence electrons. The van der Waals surface area contributed by atoms with Crippen LogP contribution in [0.4, 0.5) is 5.69 Å². The number of aliphatic carboxylic acids is 1. The summed E-state index contributed by atoms with van der Waals surface area (Å²) >= 11 is 6.16. The lowest BCUT2D eigenvalue weighted by molar-refractivity contribution is -0.144. The lowest BCUT2D eigenvalue weighted by atomic mass is 9.63. The number of hydrogen-bond acceptors (Lipinski definition) is 4. The van der Waals surface area contributed by atoms with Crippen molar-refractivity contribution in [3.8, 4) is 0 Å². The van der Waals surface area contributed by atoms with Crippen molar-refractivity contribution < 1.29 is 14.6 Å². The third kappa shape index (κ3) is 4.74. The van der Waals surface area contributed by atoms with E-state index in [9.17, 15) is 9.90 Å². The van der Waals surface area contributed by atoms with E-state index < -0.39 is 11.5 Å². The Labute approximate surface area is 217 Å². The van der Waals surface area contributed by atoms with Gasteiger partial charge in [-0.05, 0) is 98.4 Å². The van der Waals surface area contributed by atoms with E-state index in [0.29, 0.717) is 24.5 Å². The van der Waals surface area contributed by atoms with Crippen molar-refractivity contribution in [2.45, 2.75) is 68.9 Å². The number of carbonyl (C=O) groups is 1. The Morgan fingerprint density at radius 2 is 1.94 bits per heavy atom. The number of carboxylic acids is 1. The Balaban J connectivity index is 1.32. The second-order valence-corrected chi connectivity index (χ2v) is 10.7. The average Bonchev–Trinajstić information content (AvgIpc) is 3.17. The molecule has 5 nitrogen and oxygen atoms in total. The Bertz CT molecular complexity index is 1240. The molecule has 1 aromatic heterocycles. The minimum Gasteiger partial charge on any atom is -0.480 e. The van der Waals surface area contributed by atoms with Crippen LogP contribution in [-0.4, -0.2) is 34.3 Å². The highest BCUT2D eigenvalue weighted by molar-refractivity contribution is 6.30. The van der Waals surface area contributed by atoms with Gasteiger partial charge in [-0.15, -0.1) is 0 Å². The first-order valence-electron chi connectivity index (χ1n) is 12.8. The van der Waals surface area contributed by atoms with Crippen molar-refractivity contribution in [3.05, 3.63) is 94.3 Å². The van der Waals surface area contributed by atoms with E-state index in [0.717, 1.165) is 37.8 Å². The van der Waals surface area contributed by atoms with Gasteiger partial charge in [-0.25, -0.2) is 4.79 Å². The molecule has 1 spiro atoms. The number of nitrogens with one attached hydrogen (secondary N) is 1. The minimum absolute atomic E-state index is 0.0615. The Kier molecular flexibility index (Phi) is 7.05. The highest BCUT2D eigenvalue weighted by Gasteiger charge is 2.54. The standard InChI is InChI=1S/C30H33ClN2O3/c1-21-20-32-16-11-22(21)7-5-17-36-27-18-23-6-2-3-10-26(23)29(27)12-14-30(15-13-29,28(34)35)33-25-9-4-8-24(31)19-25/h2-4,6,8-11,16,19-20,27,33H,5,7,12-15,17-18H2,1H3,(H,34,35). The Hall–Kier alpha value is -2.89. The predicted octanol–water partition coefficient (Wildman–Crippen LogP) is 6.36. The van der Waals surface area contributed by atoms with Gasteiger partial charge in [0.05, 0.1) is 6.10 Å². The van der Waals surface area contributed by atoms with E-state index >= 15 is 0 Å².